The summed E-state index contributed by atoms with van der Waals surface area (Å²) in [5.74, 6) is 0.407. The summed E-state index contributed by atoms with van der Waals surface area (Å²) in [5, 5.41) is 0. The van der Waals surface area contributed by atoms with E-state index in [2.05, 4.69) is 24.3 Å². The van der Waals surface area contributed by atoms with Gasteiger partial charge < -0.3 is 19.0 Å². The van der Waals surface area contributed by atoms with Crippen molar-refractivity contribution in [2.75, 3.05) is 26.2 Å². The van der Waals surface area contributed by atoms with Crippen LogP contribution in [0.5, 0.6) is 5.75 Å². The Kier molecular flexibility index (Phi) is 6.57. The zero-order valence-corrected chi connectivity index (χ0v) is 16.9. The molecule has 2 aromatic carbocycles. The molecule has 0 amide bonds. The Balaban J connectivity index is 1.28. The summed E-state index contributed by atoms with van der Waals surface area (Å²) in [6.07, 6.45) is 1.34. The van der Waals surface area contributed by atoms with Gasteiger partial charge in [-0.15, -0.1) is 0 Å². The van der Waals surface area contributed by atoms with E-state index in [0.717, 1.165) is 32.7 Å². The van der Waals surface area contributed by atoms with Gasteiger partial charge in [0.25, 0.3) is 0 Å². The van der Waals surface area contributed by atoms with E-state index in [0.29, 0.717) is 17.9 Å². The Morgan fingerprint density at radius 1 is 0.900 bits per heavy atom. The number of hydrogen-bond donors (Lipinski definition) is 2. The summed E-state index contributed by atoms with van der Waals surface area (Å²) in [4.78, 5) is 15.3. The summed E-state index contributed by atoms with van der Waals surface area (Å²) in [7, 11) is 0. The lowest BCUT2D eigenvalue weighted by atomic mass is 10.2. The highest BCUT2D eigenvalue weighted by Gasteiger charge is 2.24. The molecule has 5 nitrogen and oxygen atoms in total. The molecular formula is C24H27FN2O3+2. The van der Waals surface area contributed by atoms with E-state index < -0.39 is 0 Å². The van der Waals surface area contributed by atoms with E-state index in [1.807, 2.05) is 6.07 Å². The van der Waals surface area contributed by atoms with Crippen LogP contribution in [0.3, 0.4) is 0 Å². The zero-order chi connectivity index (χ0) is 20.8. The van der Waals surface area contributed by atoms with Gasteiger partial charge >= 0.3 is 0 Å². The second-order valence-corrected chi connectivity index (χ2v) is 7.79. The molecule has 1 aliphatic heterocycles. The van der Waals surface area contributed by atoms with Crippen LogP contribution in [0.25, 0.3) is 0 Å². The minimum atomic E-state index is -0.351. The normalized spacial score (nSPS) is 18.8. The van der Waals surface area contributed by atoms with Crippen LogP contribution >= 0.6 is 0 Å². The fraction of sp³-hybridized carbons (Fsp3) is 0.292. The zero-order valence-electron chi connectivity index (χ0n) is 16.9. The van der Waals surface area contributed by atoms with E-state index in [1.165, 1.54) is 28.9 Å². The van der Waals surface area contributed by atoms with Gasteiger partial charge in [-0.05, 0) is 6.07 Å². The fourth-order valence-corrected chi connectivity index (χ4v) is 3.85. The van der Waals surface area contributed by atoms with E-state index in [9.17, 15) is 9.18 Å². The quantitative estimate of drug-likeness (QED) is 0.607. The third kappa shape index (κ3) is 5.34. The summed E-state index contributed by atoms with van der Waals surface area (Å²) in [6.45, 7) is 6.00. The highest BCUT2D eigenvalue weighted by molar-refractivity contribution is 5.20. The van der Waals surface area contributed by atoms with Crippen LogP contribution in [0.2, 0.25) is 0 Å². The Labute approximate surface area is 175 Å². The van der Waals surface area contributed by atoms with Gasteiger partial charge in [0.15, 0.2) is 5.76 Å². The lowest BCUT2D eigenvalue weighted by molar-refractivity contribution is -1.02. The van der Waals surface area contributed by atoms with Gasteiger partial charge in [-0.25, -0.2) is 4.39 Å². The predicted molar refractivity (Wildman–Crippen MR) is 111 cm³/mol. The molecule has 1 saturated heterocycles. The Bertz CT molecular complexity index is 1010. The molecule has 156 valence electrons. The number of hydrogen-bond acceptors (Lipinski definition) is 3. The monoisotopic (exact) mass is 410 g/mol. The van der Waals surface area contributed by atoms with Crippen LogP contribution in [-0.2, 0) is 19.7 Å². The first kappa shape index (κ1) is 20.3. The molecule has 0 unspecified atom stereocenters. The number of piperazine rings is 1. The standard InChI is InChI=1S/C24H25FN2O3/c25-22-9-5-4-8-20(22)17-30-24-18-29-21(14-23(24)28)16-27-12-10-26(11-13-27)15-19-6-2-1-3-7-19/h1-9,14,18H,10-13,15-17H2/p+2. The number of rotatable bonds is 7. The van der Waals surface area contributed by atoms with Crippen molar-refractivity contribution in [2.24, 2.45) is 0 Å². The third-order valence-electron chi connectivity index (χ3n) is 5.58. The largest absolute Gasteiger partial charge is 0.482 e. The lowest BCUT2D eigenvalue weighted by Crippen LogP contribution is -3.27. The van der Waals surface area contributed by atoms with Crippen molar-refractivity contribution in [1.82, 2.24) is 0 Å². The lowest BCUT2D eigenvalue weighted by Gasteiger charge is -2.29. The molecule has 1 aliphatic rings. The maximum absolute atomic E-state index is 13.7. The SMILES string of the molecule is O=c1cc(C[NH+]2CC[NH+](Cc3ccccc3)CC2)occ1OCc1ccccc1F. The molecule has 2 heterocycles. The molecule has 2 N–H and O–H groups in total. The molecule has 0 spiro atoms. The average molecular weight is 410 g/mol. The van der Waals surface area contributed by atoms with Crippen molar-refractivity contribution in [1.29, 1.82) is 0 Å². The Morgan fingerprint density at radius 3 is 2.27 bits per heavy atom. The molecular weight excluding hydrogens is 383 g/mol. The van der Waals surface area contributed by atoms with E-state index in [4.69, 9.17) is 9.15 Å². The molecule has 1 fully saturated rings. The van der Waals surface area contributed by atoms with Crippen molar-refractivity contribution < 1.29 is 23.3 Å². The maximum Gasteiger partial charge on any atom is 0.227 e. The molecule has 30 heavy (non-hydrogen) atoms. The van der Waals surface area contributed by atoms with Crippen LogP contribution in [0, 0.1) is 5.82 Å². The minimum Gasteiger partial charge on any atom is -0.482 e. The molecule has 0 radical (unpaired) electrons. The van der Waals surface area contributed by atoms with Crippen LogP contribution in [0.15, 0.2) is 76.1 Å². The van der Waals surface area contributed by atoms with Gasteiger partial charge in [-0.3, -0.25) is 4.79 Å². The predicted octanol–water partition coefficient (Wildman–Crippen LogP) is 0.842. The van der Waals surface area contributed by atoms with Crippen molar-refractivity contribution in [3.8, 4) is 5.75 Å². The van der Waals surface area contributed by atoms with Gasteiger partial charge in [-0.2, -0.15) is 0 Å². The van der Waals surface area contributed by atoms with Crippen LogP contribution in [0.1, 0.15) is 16.9 Å². The van der Waals surface area contributed by atoms with E-state index in [-0.39, 0.29) is 23.6 Å². The van der Waals surface area contributed by atoms with Crippen molar-refractivity contribution >= 4 is 0 Å². The number of quaternary nitrogens is 2. The second kappa shape index (κ2) is 9.69. The fourth-order valence-electron chi connectivity index (χ4n) is 3.85. The smallest absolute Gasteiger partial charge is 0.227 e. The Hall–Kier alpha value is -2.96. The van der Waals surface area contributed by atoms with Crippen molar-refractivity contribution in [3.05, 3.63) is 99.9 Å². The summed E-state index contributed by atoms with van der Waals surface area (Å²) in [5.41, 5.74) is 1.54. The molecule has 4 rings (SSSR count). The maximum atomic E-state index is 13.7. The first-order valence-electron chi connectivity index (χ1n) is 10.4. The minimum absolute atomic E-state index is 0.00577. The number of ether oxygens (including phenoxy) is 1. The molecule has 0 saturated carbocycles. The van der Waals surface area contributed by atoms with Gasteiger partial charge in [-0.1, -0.05) is 48.5 Å². The summed E-state index contributed by atoms with van der Waals surface area (Å²) < 4.78 is 24.8. The number of halogens is 1. The Morgan fingerprint density at radius 2 is 1.57 bits per heavy atom. The van der Waals surface area contributed by atoms with E-state index in [1.54, 1.807) is 23.1 Å². The van der Waals surface area contributed by atoms with E-state index >= 15 is 0 Å². The van der Waals surface area contributed by atoms with Crippen molar-refractivity contribution in [3.63, 3.8) is 0 Å². The molecule has 1 aromatic heterocycles. The van der Waals surface area contributed by atoms with Crippen LogP contribution in [-0.4, -0.2) is 26.2 Å². The first-order chi connectivity index (χ1) is 14.7. The average Bonchev–Trinajstić information content (AvgIpc) is 2.76. The van der Waals surface area contributed by atoms with Gasteiger partial charge in [0.1, 0.15) is 58.0 Å². The van der Waals surface area contributed by atoms with Crippen molar-refractivity contribution in [2.45, 2.75) is 19.7 Å². The van der Waals surface area contributed by atoms with Crippen LogP contribution in [0.4, 0.5) is 4.39 Å². The summed E-state index contributed by atoms with van der Waals surface area (Å²) >= 11 is 0. The summed E-state index contributed by atoms with van der Waals surface area (Å²) in [6, 6.07) is 18.4. The van der Waals surface area contributed by atoms with Gasteiger partial charge in [0, 0.05) is 17.2 Å². The van der Waals surface area contributed by atoms with Crippen LogP contribution < -0.4 is 20.0 Å². The second-order valence-electron chi connectivity index (χ2n) is 7.79. The number of benzene rings is 2. The molecule has 6 heteroatoms. The van der Waals surface area contributed by atoms with Gasteiger partial charge in [0.2, 0.25) is 11.2 Å². The first-order valence-corrected chi connectivity index (χ1v) is 10.4. The third-order valence-corrected chi connectivity index (χ3v) is 5.58. The highest BCUT2D eigenvalue weighted by atomic mass is 19.1. The molecule has 0 aliphatic carbocycles. The molecule has 0 bridgehead atoms. The molecule has 3 aromatic rings. The topological polar surface area (TPSA) is 48.3 Å². The number of nitrogens with one attached hydrogen (secondary N) is 2. The van der Waals surface area contributed by atoms with Gasteiger partial charge in [0.05, 0.1) is 0 Å². The molecule has 0 atom stereocenters. The highest BCUT2D eigenvalue weighted by Crippen LogP contribution is 2.11.